The van der Waals surface area contributed by atoms with Crippen molar-refractivity contribution >= 4 is 5.97 Å². The molecule has 13 heavy (non-hydrogen) atoms. The van der Waals surface area contributed by atoms with Crippen molar-refractivity contribution in [3.8, 4) is 0 Å². The van der Waals surface area contributed by atoms with Crippen LogP contribution >= 0.6 is 0 Å². The van der Waals surface area contributed by atoms with Crippen LogP contribution in [0.4, 0.5) is 0 Å². The van der Waals surface area contributed by atoms with Gasteiger partial charge in [-0.25, -0.2) is 0 Å². The topological polar surface area (TPSA) is 78.0 Å². The number of aliphatic carboxylic acids is 1. The van der Waals surface area contributed by atoms with Gasteiger partial charge in [0.25, 0.3) is 0 Å². The van der Waals surface area contributed by atoms with E-state index in [-0.39, 0.29) is 0 Å². The van der Waals surface area contributed by atoms with Gasteiger partial charge in [0.05, 0.1) is 5.69 Å². The molecule has 0 fully saturated rings. The number of carboxylic acid groups (broad SMARTS) is 1. The summed E-state index contributed by atoms with van der Waals surface area (Å²) in [4.78, 5) is 10.7. The molecular formula is C8H11N3O2. The molecule has 5 heteroatoms. The molecule has 0 amide bonds. The van der Waals surface area contributed by atoms with Crippen molar-refractivity contribution in [2.45, 2.75) is 25.9 Å². The number of nitrogens with zero attached hydrogens (tertiary/aromatic N) is 1. The SMILES string of the molecule is Cc1[nH]nc2c1CNC(C(=O)O)C2. The minimum atomic E-state index is -0.814. The minimum Gasteiger partial charge on any atom is -0.480 e. The maximum atomic E-state index is 10.7. The average Bonchev–Trinajstić information content (AvgIpc) is 2.47. The first-order valence-electron chi connectivity index (χ1n) is 4.17. The number of aryl methyl sites for hydroxylation is 1. The molecule has 3 N–H and O–H groups in total. The van der Waals surface area contributed by atoms with E-state index < -0.39 is 12.0 Å². The van der Waals surface area contributed by atoms with Gasteiger partial charge in [-0.3, -0.25) is 15.2 Å². The summed E-state index contributed by atoms with van der Waals surface area (Å²) in [5.41, 5.74) is 3.01. The Labute approximate surface area is 75.2 Å². The van der Waals surface area contributed by atoms with Gasteiger partial charge < -0.3 is 5.11 Å². The second-order valence-electron chi connectivity index (χ2n) is 3.25. The van der Waals surface area contributed by atoms with Crippen LogP contribution in [-0.4, -0.2) is 27.3 Å². The van der Waals surface area contributed by atoms with Gasteiger partial charge in [-0.2, -0.15) is 5.10 Å². The highest BCUT2D eigenvalue weighted by Crippen LogP contribution is 2.16. The standard InChI is InChI=1S/C8H11N3O2/c1-4-5-3-9-7(8(12)13)2-6(5)11-10-4/h7,9H,2-3H2,1H3,(H,10,11)(H,12,13). The highest BCUT2D eigenvalue weighted by atomic mass is 16.4. The van der Waals surface area contributed by atoms with E-state index in [2.05, 4.69) is 15.5 Å². The zero-order valence-corrected chi connectivity index (χ0v) is 7.29. The molecule has 5 nitrogen and oxygen atoms in total. The summed E-state index contributed by atoms with van der Waals surface area (Å²) in [5.74, 6) is -0.814. The molecule has 2 rings (SSSR count). The van der Waals surface area contributed by atoms with Crippen molar-refractivity contribution in [2.75, 3.05) is 0 Å². The molecule has 0 spiro atoms. The monoisotopic (exact) mass is 181 g/mol. The number of H-pyrrole nitrogens is 1. The molecule has 0 saturated heterocycles. The number of hydrogen-bond donors (Lipinski definition) is 3. The average molecular weight is 181 g/mol. The molecule has 1 atom stereocenters. The highest BCUT2D eigenvalue weighted by Gasteiger charge is 2.26. The lowest BCUT2D eigenvalue weighted by atomic mass is 10.0. The summed E-state index contributed by atoms with van der Waals surface area (Å²) < 4.78 is 0. The Bertz CT molecular complexity index is 345. The number of fused-ring (bicyclic) bond motifs is 1. The van der Waals surface area contributed by atoms with Crippen molar-refractivity contribution in [1.82, 2.24) is 15.5 Å². The number of aromatic nitrogens is 2. The molecule has 1 unspecified atom stereocenters. The molecule has 0 radical (unpaired) electrons. The Hall–Kier alpha value is -1.36. The van der Waals surface area contributed by atoms with E-state index in [1.807, 2.05) is 6.92 Å². The number of carbonyl (C=O) groups is 1. The first-order valence-corrected chi connectivity index (χ1v) is 4.17. The lowest BCUT2D eigenvalue weighted by Crippen LogP contribution is -2.41. The number of carboxylic acids is 1. The quantitative estimate of drug-likeness (QED) is 0.561. The van der Waals surface area contributed by atoms with E-state index in [1.165, 1.54) is 0 Å². The molecule has 0 aromatic carbocycles. The second-order valence-corrected chi connectivity index (χ2v) is 3.25. The van der Waals surface area contributed by atoms with Crippen molar-refractivity contribution in [3.05, 3.63) is 17.0 Å². The van der Waals surface area contributed by atoms with Crippen LogP contribution in [0.3, 0.4) is 0 Å². The van der Waals surface area contributed by atoms with Crippen LogP contribution in [-0.2, 0) is 17.8 Å². The third-order valence-electron chi connectivity index (χ3n) is 2.38. The van der Waals surface area contributed by atoms with Crippen LogP contribution in [0.5, 0.6) is 0 Å². The van der Waals surface area contributed by atoms with Gasteiger partial charge in [-0.15, -0.1) is 0 Å². The zero-order chi connectivity index (χ0) is 9.42. The minimum absolute atomic E-state index is 0.467. The Morgan fingerprint density at radius 3 is 3.15 bits per heavy atom. The third kappa shape index (κ3) is 1.31. The highest BCUT2D eigenvalue weighted by molar-refractivity contribution is 5.74. The van der Waals surface area contributed by atoms with Crippen LogP contribution < -0.4 is 5.32 Å². The van der Waals surface area contributed by atoms with Gasteiger partial charge in [0.2, 0.25) is 0 Å². The van der Waals surface area contributed by atoms with Gasteiger partial charge in [0.1, 0.15) is 6.04 Å². The van der Waals surface area contributed by atoms with Gasteiger partial charge in [-0.05, 0) is 6.92 Å². The molecule has 0 aliphatic carbocycles. The Morgan fingerprint density at radius 2 is 2.46 bits per heavy atom. The molecule has 70 valence electrons. The molecule has 1 aliphatic heterocycles. The summed E-state index contributed by atoms with van der Waals surface area (Å²) in [6.07, 6.45) is 0.467. The Balaban J connectivity index is 2.25. The number of rotatable bonds is 1. The molecule has 0 bridgehead atoms. The van der Waals surface area contributed by atoms with E-state index >= 15 is 0 Å². The van der Waals surface area contributed by atoms with Crippen LogP contribution in [0.2, 0.25) is 0 Å². The number of nitrogens with one attached hydrogen (secondary N) is 2. The van der Waals surface area contributed by atoms with Crippen LogP contribution in [0.15, 0.2) is 0 Å². The molecule has 1 aliphatic rings. The number of aromatic amines is 1. The normalized spacial score (nSPS) is 21.2. The summed E-state index contributed by atoms with van der Waals surface area (Å²) in [5, 5.41) is 18.6. The number of hydrogen-bond acceptors (Lipinski definition) is 3. The third-order valence-corrected chi connectivity index (χ3v) is 2.38. The molecule has 1 aromatic rings. The van der Waals surface area contributed by atoms with Gasteiger partial charge in [0.15, 0.2) is 0 Å². The van der Waals surface area contributed by atoms with Crippen molar-refractivity contribution in [3.63, 3.8) is 0 Å². The first kappa shape index (κ1) is 8.25. The maximum Gasteiger partial charge on any atom is 0.321 e. The van der Waals surface area contributed by atoms with Gasteiger partial charge in [-0.1, -0.05) is 0 Å². The predicted octanol–water partition coefficient (Wildman–Crippen LogP) is -0.183. The largest absolute Gasteiger partial charge is 0.480 e. The van der Waals surface area contributed by atoms with Crippen LogP contribution in [0, 0.1) is 6.92 Å². The molecule has 1 aromatic heterocycles. The lowest BCUT2D eigenvalue weighted by molar-refractivity contribution is -0.139. The lowest BCUT2D eigenvalue weighted by Gasteiger charge is -2.19. The van der Waals surface area contributed by atoms with Gasteiger partial charge in [0, 0.05) is 24.2 Å². The molecule has 2 heterocycles. The summed E-state index contributed by atoms with van der Waals surface area (Å²) in [6.45, 7) is 2.53. The van der Waals surface area contributed by atoms with Crippen LogP contribution in [0.1, 0.15) is 17.0 Å². The fraction of sp³-hybridized carbons (Fsp3) is 0.500. The summed E-state index contributed by atoms with van der Waals surface area (Å²) in [7, 11) is 0. The fourth-order valence-electron chi connectivity index (χ4n) is 1.57. The zero-order valence-electron chi connectivity index (χ0n) is 7.29. The van der Waals surface area contributed by atoms with E-state index in [4.69, 9.17) is 5.11 Å². The fourth-order valence-corrected chi connectivity index (χ4v) is 1.57. The smallest absolute Gasteiger partial charge is 0.321 e. The van der Waals surface area contributed by atoms with Crippen molar-refractivity contribution in [2.24, 2.45) is 0 Å². The first-order chi connectivity index (χ1) is 6.18. The van der Waals surface area contributed by atoms with E-state index in [1.54, 1.807) is 0 Å². The van der Waals surface area contributed by atoms with Crippen molar-refractivity contribution < 1.29 is 9.90 Å². The Morgan fingerprint density at radius 1 is 1.69 bits per heavy atom. The molecular weight excluding hydrogens is 170 g/mol. The van der Waals surface area contributed by atoms with Crippen molar-refractivity contribution in [1.29, 1.82) is 0 Å². The second kappa shape index (κ2) is 2.85. The summed E-state index contributed by atoms with van der Waals surface area (Å²) in [6, 6.07) is -0.491. The van der Waals surface area contributed by atoms with Crippen LogP contribution in [0.25, 0.3) is 0 Å². The van der Waals surface area contributed by atoms with E-state index in [0.29, 0.717) is 13.0 Å². The van der Waals surface area contributed by atoms with E-state index in [9.17, 15) is 4.79 Å². The Kier molecular flexibility index (Phi) is 1.81. The maximum absolute atomic E-state index is 10.7. The van der Waals surface area contributed by atoms with Gasteiger partial charge >= 0.3 is 5.97 Å². The molecule has 0 saturated carbocycles. The predicted molar refractivity (Wildman–Crippen MR) is 45.3 cm³/mol. The van der Waals surface area contributed by atoms with E-state index in [0.717, 1.165) is 17.0 Å². The summed E-state index contributed by atoms with van der Waals surface area (Å²) >= 11 is 0.